The first-order chi connectivity index (χ1) is 11.0. The highest BCUT2D eigenvalue weighted by molar-refractivity contribution is 5.83. The highest BCUT2D eigenvalue weighted by atomic mass is 16.4. The van der Waals surface area contributed by atoms with E-state index in [1.165, 1.54) is 0 Å². The summed E-state index contributed by atoms with van der Waals surface area (Å²) in [6, 6.07) is 5.76. The maximum absolute atomic E-state index is 11.9. The van der Waals surface area contributed by atoms with Gasteiger partial charge in [-0.3, -0.25) is 4.90 Å². The van der Waals surface area contributed by atoms with Crippen LogP contribution in [0.2, 0.25) is 0 Å². The standard InChI is InChI=1S/C19H25NO3/c1-12-4-5-17-16(10-18(22)23-19(17)13(12)2)11-20-8-6-15(7-9-20)14(3)21/h4-5,10,14-15,21H,6-9,11H2,1-3H3. The fourth-order valence-corrected chi connectivity index (χ4v) is 3.49. The summed E-state index contributed by atoms with van der Waals surface area (Å²) >= 11 is 0. The van der Waals surface area contributed by atoms with Gasteiger partial charge in [0.2, 0.25) is 0 Å². The van der Waals surface area contributed by atoms with Gasteiger partial charge in [-0.25, -0.2) is 4.79 Å². The Kier molecular flexibility index (Phi) is 4.55. The molecule has 4 heteroatoms. The number of aliphatic hydroxyl groups is 1. The smallest absolute Gasteiger partial charge is 0.336 e. The molecular formula is C19H25NO3. The van der Waals surface area contributed by atoms with Gasteiger partial charge in [-0.1, -0.05) is 12.1 Å². The molecule has 3 rings (SSSR count). The van der Waals surface area contributed by atoms with Gasteiger partial charge < -0.3 is 9.52 Å². The lowest BCUT2D eigenvalue weighted by Gasteiger charge is -2.33. The average molecular weight is 315 g/mol. The van der Waals surface area contributed by atoms with Crippen molar-refractivity contribution < 1.29 is 9.52 Å². The lowest BCUT2D eigenvalue weighted by atomic mass is 9.92. The molecule has 2 aromatic rings. The van der Waals surface area contributed by atoms with E-state index in [1.54, 1.807) is 6.07 Å². The van der Waals surface area contributed by atoms with Gasteiger partial charge in [-0.15, -0.1) is 0 Å². The van der Waals surface area contributed by atoms with Gasteiger partial charge >= 0.3 is 5.63 Å². The molecule has 0 amide bonds. The molecule has 1 N–H and O–H groups in total. The van der Waals surface area contributed by atoms with Gasteiger partial charge in [-0.2, -0.15) is 0 Å². The van der Waals surface area contributed by atoms with Crippen molar-refractivity contribution in [3.8, 4) is 0 Å². The van der Waals surface area contributed by atoms with Crippen molar-refractivity contribution in [1.29, 1.82) is 0 Å². The Bertz CT molecular complexity index is 755. The Hall–Kier alpha value is -1.65. The minimum Gasteiger partial charge on any atom is -0.422 e. The molecule has 0 spiro atoms. The topological polar surface area (TPSA) is 53.7 Å². The predicted molar refractivity (Wildman–Crippen MR) is 91.6 cm³/mol. The van der Waals surface area contributed by atoms with Gasteiger partial charge in [-0.05, 0) is 69.3 Å². The van der Waals surface area contributed by atoms with E-state index < -0.39 is 0 Å². The van der Waals surface area contributed by atoms with Crippen LogP contribution in [0.4, 0.5) is 0 Å². The molecule has 1 aromatic carbocycles. The summed E-state index contributed by atoms with van der Waals surface area (Å²) in [7, 11) is 0. The average Bonchev–Trinajstić information content (AvgIpc) is 2.52. The van der Waals surface area contributed by atoms with E-state index in [4.69, 9.17) is 4.42 Å². The number of nitrogens with zero attached hydrogens (tertiary/aromatic N) is 1. The summed E-state index contributed by atoms with van der Waals surface area (Å²) in [4.78, 5) is 14.3. The quantitative estimate of drug-likeness (QED) is 0.885. The third kappa shape index (κ3) is 3.33. The summed E-state index contributed by atoms with van der Waals surface area (Å²) in [5, 5.41) is 10.7. The highest BCUT2D eigenvalue weighted by Crippen LogP contribution is 2.26. The van der Waals surface area contributed by atoms with E-state index in [-0.39, 0.29) is 11.7 Å². The van der Waals surface area contributed by atoms with Crippen LogP contribution in [-0.4, -0.2) is 29.2 Å². The maximum Gasteiger partial charge on any atom is 0.336 e. The number of fused-ring (bicyclic) bond motifs is 1. The summed E-state index contributed by atoms with van der Waals surface area (Å²) in [5.41, 5.74) is 3.64. The lowest BCUT2D eigenvalue weighted by Crippen LogP contribution is -2.36. The van der Waals surface area contributed by atoms with Gasteiger partial charge in [0.1, 0.15) is 5.58 Å². The van der Waals surface area contributed by atoms with Crippen LogP contribution in [0, 0.1) is 19.8 Å². The zero-order valence-corrected chi connectivity index (χ0v) is 14.1. The summed E-state index contributed by atoms with van der Waals surface area (Å²) in [5.74, 6) is 0.397. The fraction of sp³-hybridized carbons (Fsp3) is 0.526. The van der Waals surface area contributed by atoms with E-state index in [0.29, 0.717) is 11.5 Å². The Morgan fingerprint density at radius 2 is 2.00 bits per heavy atom. The van der Waals surface area contributed by atoms with E-state index in [9.17, 15) is 9.90 Å². The van der Waals surface area contributed by atoms with Gasteiger partial charge in [0.25, 0.3) is 0 Å². The number of piperidine rings is 1. The third-order valence-electron chi connectivity index (χ3n) is 5.23. The number of aryl methyl sites for hydroxylation is 2. The highest BCUT2D eigenvalue weighted by Gasteiger charge is 2.23. The molecule has 1 aromatic heterocycles. The molecule has 0 saturated carbocycles. The molecule has 1 aliphatic heterocycles. The van der Waals surface area contributed by atoms with Crippen LogP contribution in [0.3, 0.4) is 0 Å². The molecular weight excluding hydrogens is 290 g/mol. The van der Waals surface area contributed by atoms with Gasteiger partial charge in [0, 0.05) is 18.0 Å². The number of benzene rings is 1. The van der Waals surface area contributed by atoms with Crippen molar-refractivity contribution in [2.24, 2.45) is 5.92 Å². The van der Waals surface area contributed by atoms with Crippen molar-refractivity contribution >= 4 is 11.0 Å². The van der Waals surface area contributed by atoms with Crippen molar-refractivity contribution in [2.75, 3.05) is 13.1 Å². The zero-order valence-electron chi connectivity index (χ0n) is 14.1. The fourth-order valence-electron chi connectivity index (χ4n) is 3.49. The first kappa shape index (κ1) is 16.2. The zero-order chi connectivity index (χ0) is 16.6. The Balaban J connectivity index is 1.86. The molecule has 124 valence electrons. The van der Waals surface area contributed by atoms with Crippen molar-refractivity contribution in [3.05, 3.63) is 45.3 Å². The molecule has 1 aliphatic rings. The first-order valence-corrected chi connectivity index (χ1v) is 8.39. The predicted octanol–water partition coefficient (Wildman–Crippen LogP) is 3.00. The van der Waals surface area contributed by atoms with Crippen LogP contribution >= 0.6 is 0 Å². The van der Waals surface area contributed by atoms with E-state index in [0.717, 1.165) is 54.6 Å². The molecule has 0 bridgehead atoms. The number of hydrogen-bond donors (Lipinski definition) is 1. The van der Waals surface area contributed by atoms with E-state index in [1.807, 2.05) is 20.8 Å². The Morgan fingerprint density at radius 1 is 1.30 bits per heavy atom. The third-order valence-corrected chi connectivity index (χ3v) is 5.23. The van der Waals surface area contributed by atoms with Crippen molar-refractivity contribution in [3.63, 3.8) is 0 Å². The van der Waals surface area contributed by atoms with Crippen LogP contribution in [-0.2, 0) is 6.54 Å². The molecule has 0 radical (unpaired) electrons. The van der Waals surface area contributed by atoms with Crippen LogP contribution in [0.1, 0.15) is 36.5 Å². The van der Waals surface area contributed by atoms with Crippen LogP contribution in [0.5, 0.6) is 0 Å². The monoisotopic (exact) mass is 315 g/mol. The number of hydrogen-bond acceptors (Lipinski definition) is 4. The SMILES string of the molecule is Cc1ccc2c(CN3CCC(C(C)O)CC3)cc(=O)oc2c1C. The summed E-state index contributed by atoms with van der Waals surface area (Å²) in [6.07, 6.45) is 1.79. The number of aliphatic hydroxyl groups excluding tert-OH is 1. The molecule has 23 heavy (non-hydrogen) atoms. The minimum absolute atomic E-state index is 0.229. The lowest BCUT2D eigenvalue weighted by molar-refractivity contribution is 0.0696. The summed E-state index contributed by atoms with van der Waals surface area (Å²) < 4.78 is 5.44. The molecule has 0 aliphatic carbocycles. The molecule has 1 atom stereocenters. The van der Waals surface area contributed by atoms with Crippen molar-refractivity contribution in [2.45, 2.75) is 46.3 Å². The second kappa shape index (κ2) is 6.46. The molecule has 1 fully saturated rings. The van der Waals surface area contributed by atoms with Gasteiger partial charge in [0.05, 0.1) is 6.10 Å². The molecule has 2 heterocycles. The van der Waals surface area contributed by atoms with Crippen LogP contribution < -0.4 is 5.63 Å². The summed E-state index contributed by atoms with van der Waals surface area (Å²) in [6.45, 7) is 8.59. The molecule has 4 nitrogen and oxygen atoms in total. The van der Waals surface area contributed by atoms with Gasteiger partial charge in [0.15, 0.2) is 0 Å². The molecule has 1 unspecified atom stereocenters. The van der Waals surface area contributed by atoms with E-state index >= 15 is 0 Å². The second-order valence-electron chi connectivity index (χ2n) is 6.83. The second-order valence-corrected chi connectivity index (χ2v) is 6.83. The van der Waals surface area contributed by atoms with Crippen LogP contribution in [0.15, 0.2) is 27.4 Å². The minimum atomic E-state index is -0.278. The maximum atomic E-state index is 11.9. The number of rotatable bonds is 3. The van der Waals surface area contributed by atoms with Crippen molar-refractivity contribution in [1.82, 2.24) is 4.90 Å². The number of likely N-dealkylation sites (tertiary alicyclic amines) is 1. The first-order valence-electron chi connectivity index (χ1n) is 8.39. The molecule has 1 saturated heterocycles. The van der Waals surface area contributed by atoms with Crippen LogP contribution in [0.25, 0.3) is 11.0 Å². The Labute approximate surface area is 136 Å². The Morgan fingerprint density at radius 3 is 2.65 bits per heavy atom. The normalized spacial score (nSPS) is 18.4. The largest absolute Gasteiger partial charge is 0.422 e. The van der Waals surface area contributed by atoms with E-state index in [2.05, 4.69) is 17.0 Å².